The molecule has 1 unspecified atom stereocenters. The van der Waals surface area contributed by atoms with Gasteiger partial charge in [0, 0.05) is 0 Å². The first-order chi connectivity index (χ1) is 9.13. The summed E-state index contributed by atoms with van der Waals surface area (Å²) in [6, 6.07) is 10.5. The highest BCUT2D eigenvalue weighted by molar-refractivity contribution is 5.78. The molecule has 3 heteroatoms. The smallest absolute Gasteiger partial charge is 0.323 e. The van der Waals surface area contributed by atoms with Crippen LogP contribution in [-0.2, 0) is 11.2 Å². The number of aliphatic carboxylic acids is 1. The molecule has 1 aliphatic rings. The van der Waals surface area contributed by atoms with Gasteiger partial charge in [-0.3, -0.25) is 9.69 Å². The van der Waals surface area contributed by atoms with E-state index in [4.69, 9.17) is 0 Å². The van der Waals surface area contributed by atoms with Gasteiger partial charge in [-0.25, -0.2) is 0 Å². The Kier molecular flexibility index (Phi) is 4.59. The normalized spacial score (nSPS) is 23.6. The molecule has 1 heterocycles. The first-order valence-corrected chi connectivity index (χ1v) is 7.15. The van der Waals surface area contributed by atoms with Crippen LogP contribution in [-0.4, -0.2) is 34.6 Å². The van der Waals surface area contributed by atoms with Crippen molar-refractivity contribution >= 4 is 5.97 Å². The molecule has 1 saturated heterocycles. The van der Waals surface area contributed by atoms with Crippen LogP contribution >= 0.6 is 0 Å². The average molecular weight is 261 g/mol. The molecule has 19 heavy (non-hydrogen) atoms. The second-order valence-electron chi connectivity index (χ2n) is 5.61. The van der Waals surface area contributed by atoms with Crippen molar-refractivity contribution in [3.63, 3.8) is 0 Å². The van der Waals surface area contributed by atoms with E-state index in [1.165, 1.54) is 5.56 Å². The predicted molar refractivity (Wildman–Crippen MR) is 76.2 cm³/mol. The van der Waals surface area contributed by atoms with E-state index in [9.17, 15) is 9.90 Å². The van der Waals surface area contributed by atoms with E-state index in [1.807, 2.05) is 13.0 Å². The zero-order valence-corrected chi connectivity index (χ0v) is 11.6. The van der Waals surface area contributed by atoms with E-state index in [2.05, 4.69) is 29.2 Å². The monoisotopic (exact) mass is 261 g/mol. The van der Waals surface area contributed by atoms with Crippen LogP contribution in [0.2, 0.25) is 0 Å². The van der Waals surface area contributed by atoms with Crippen LogP contribution in [0.4, 0.5) is 0 Å². The molecule has 3 nitrogen and oxygen atoms in total. The molecule has 1 atom stereocenters. The van der Waals surface area contributed by atoms with Crippen molar-refractivity contribution in [3.05, 3.63) is 35.9 Å². The Morgan fingerprint density at radius 3 is 2.74 bits per heavy atom. The molecule has 0 amide bonds. The lowest BCUT2D eigenvalue weighted by molar-refractivity contribution is -0.148. The average Bonchev–Trinajstić information content (AvgIpc) is 2.79. The standard InChI is InChI=1S/C16H23NO2/c1-16(15(18)19)11-7-13-17(16)12-6-5-10-14-8-3-2-4-9-14/h2-4,8-9H,5-7,10-13H2,1H3,(H,18,19). The van der Waals surface area contributed by atoms with Crippen LogP contribution in [0.25, 0.3) is 0 Å². The van der Waals surface area contributed by atoms with Crippen molar-refractivity contribution < 1.29 is 9.90 Å². The van der Waals surface area contributed by atoms with E-state index in [-0.39, 0.29) is 0 Å². The fourth-order valence-electron chi connectivity index (χ4n) is 2.90. The molecular weight excluding hydrogens is 238 g/mol. The molecule has 1 aromatic rings. The van der Waals surface area contributed by atoms with Crippen molar-refractivity contribution in [2.45, 2.75) is 44.6 Å². The molecule has 0 bridgehead atoms. The number of likely N-dealkylation sites (tertiary alicyclic amines) is 1. The number of hydrogen-bond acceptors (Lipinski definition) is 2. The summed E-state index contributed by atoms with van der Waals surface area (Å²) < 4.78 is 0. The number of rotatable bonds is 6. The molecule has 2 rings (SSSR count). The fourth-order valence-corrected chi connectivity index (χ4v) is 2.90. The van der Waals surface area contributed by atoms with Crippen molar-refractivity contribution in [1.29, 1.82) is 0 Å². The lowest BCUT2D eigenvalue weighted by Crippen LogP contribution is -2.48. The molecule has 0 spiro atoms. The summed E-state index contributed by atoms with van der Waals surface area (Å²) in [7, 11) is 0. The molecule has 0 aromatic heterocycles. The number of carboxylic acids is 1. The van der Waals surface area contributed by atoms with Crippen molar-refractivity contribution in [1.82, 2.24) is 4.90 Å². The van der Waals surface area contributed by atoms with Crippen LogP contribution in [0.15, 0.2) is 30.3 Å². The van der Waals surface area contributed by atoms with Crippen LogP contribution in [0, 0.1) is 0 Å². The minimum atomic E-state index is -0.673. The Hall–Kier alpha value is -1.35. The van der Waals surface area contributed by atoms with Gasteiger partial charge in [0.2, 0.25) is 0 Å². The summed E-state index contributed by atoms with van der Waals surface area (Å²) in [5.41, 5.74) is 0.733. The molecule has 1 aliphatic heterocycles. The number of aryl methyl sites for hydroxylation is 1. The number of nitrogens with zero attached hydrogens (tertiary/aromatic N) is 1. The fraction of sp³-hybridized carbons (Fsp3) is 0.562. The molecule has 0 radical (unpaired) electrons. The van der Waals surface area contributed by atoms with Crippen molar-refractivity contribution in [3.8, 4) is 0 Å². The number of carboxylic acid groups (broad SMARTS) is 1. The lowest BCUT2D eigenvalue weighted by atomic mass is 9.99. The maximum absolute atomic E-state index is 11.3. The summed E-state index contributed by atoms with van der Waals surface area (Å²) in [5.74, 6) is -0.673. The Balaban J connectivity index is 1.75. The van der Waals surface area contributed by atoms with Crippen molar-refractivity contribution in [2.75, 3.05) is 13.1 Å². The van der Waals surface area contributed by atoms with Gasteiger partial charge in [0.1, 0.15) is 5.54 Å². The third-order valence-corrected chi connectivity index (χ3v) is 4.24. The second-order valence-corrected chi connectivity index (χ2v) is 5.61. The molecule has 0 aliphatic carbocycles. The van der Waals surface area contributed by atoms with E-state index in [1.54, 1.807) is 0 Å². The van der Waals surface area contributed by atoms with Crippen LogP contribution in [0.3, 0.4) is 0 Å². The van der Waals surface area contributed by atoms with Crippen LogP contribution in [0.5, 0.6) is 0 Å². The third-order valence-electron chi connectivity index (χ3n) is 4.24. The Morgan fingerprint density at radius 1 is 1.32 bits per heavy atom. The van der Waals surface area contributed by atoms with Gasteiger partial charge in [-0.1, -0.05) is 30.3 Å². The maximum atomic E-state index is 11.3. The van der Waals surface area contributed by atoms with Gasteiger partial charge < -0.3 is 5.11 Å². The van der Waals surface area contributed by atoms with E-state index < -0.39 is 11.5 Å². The zero-order chi connectivity index (χ0) is 13.7. The second kappa shape index (κ2) is 6.20. The summed E-state index contributed by atoms with van der Waals surface area (Å²) in [4.78, 5) is 13.5. The Labute approximate surface area is 115 Å². The summed E-state index contributed by atoms with van der Waals surface area (Å²) in [6.07, 6.45) is 5.05. The van der Waals surface area contributed by atoms with Gasteiger partial charge in [-0.05, 0) is 57.7 Å². The first-order valence-electron chi connectivity index (χ1n) is 7.15. The van der Waals surface area contributed by atoms with Crippen LogP contribution in [0.1, 0.15) is 38.2 Å². The Bertz CT molecular complexity index is 418. The van der Waals surface area contributed by atoms with Gasteiger partial charge in [0.05, 0.1) is 0 Å². The van der Waals surface area contributed by atoms with Crippen LogP contribution < -0.4 is 0 Å². The Morgan fingerprint density at radius 2 is 2.05 bits per heavy atom. The van der Waals surface area contributed by atoms with Gasteiger partial charge in [0.15, 0.2) is 0 Å². The lowest BCUT2D eigenvalue weighted by Gasteiger charge is -2.31. The van der Waals surface area contributed by atoms with E-state index in [0.717, 1.165) is 45.2 Å². The molecule has 0 saturated carbocycles. The van der Waals surface area contributed by atoms with Gasteiger partial charge in [-0.15, -0.1) is 0 Å². The SMILES string of the molecule is CC1(C(=O)O)CCCN1CCCCc1ccccc1. The highest BCUT2D eigenvalue weighted by Crippen LogP contribution is 2.29. The number of carbonyl (C=O) groups is 1. The molecule has 104 valence electrons. The number of benzene rings is 1. The number of hydrogen-bond donors (Lipinski definition) is 1. The third kappa shape index (κ3) is 3.35. The summed E-state index contributed by atoms with van der Waals surface area (Å²) >= 11 is 0. The number of unbranched alkanes of at least 4 members (excludes halogenated alkanes) is 1. The highest BCUT2D eigenvalue weighted by Gasteiger charge is 2.42. The van der Waals surface area contributed by atoms with Gasteiger partial charge >= 0.3 is 5.97 Å². The molecule has 1 N–H and O–H groups in total. The van der Waals surface area contributed by atoms with E-state index in [0.29, 0.717) is 0 Å². The topological polar surface area (TPSA) is 40.5 Å². The largest absolute Gasteiger partial charge is 0.480 e. The zero-order valence-electron chi connectivity index (χ0n) is 11.6. The maximum Gasteiger partial charge on any atom is 0.323 e. The first kappa shape index (κ1) is 14.1. The molecule has 1 fully saturated rings. The van der Waals surface area contributed by atoms with Gasteiger partial charge in [0.25, 0.3) is 0 Å². The minimum absolute atomic E-state index is 0.632. The molecule has 1 aromatic carbocycles. The molecular formula is C16H23NO2. The van der Waals surface area contributed by atoms with E-state index >= 15 is 0 Å². The highest BCUT2D eigenvalue weighted by atomic mass is 16.4. The minimum Gasteiger partial charge on any atom is -0.480 e. The predicted octanol–water partition coefficient (Wildman–Crippen LogP) is 2.95. The quantitative estimate of drug-likeness (QED) is 0.800. The van der Waals surface area contributed by atoms with Gasteiger partial charge in [-0.2, -0.15) is 0 Å². The summed E-state index contributed by atoms with van der Waals surface area (Å²) in [6.45, 7) is 3.68. The van der Waals surface area contributed by atoms with Crippen molar-refractivity contribution in [2.24, 2.45) is 0 Å². The summed E-state index contributed by atoms with van der Waals surface area (Å²) in [5, 5.41) is 9.34.